The number of rotatable bonds is 8. The molecule has 1 amide bonds. The molecule has 0 atom stereocenters. The molecule has 0 saturated carbocycles. The molecule has 0 bridgehead atoms. The van der Waals surface area contributed by atoms with Gasteiger partial charge in [-0.05, 0) is 48.0 Å². The van der Waals surface area contributed by atoms with E-state index in [1.807, 2.05) is 0 Å². The number of benzene rings is 3. The summed E-state index contributed by atoms with van der Waals surface area (Å²) in [5.74, 6) is 1.07. The Morgan fingerprint density at radius 1 is 1.06 bits per heavy atom. The lowest BCUT2D eigenvalue weighted by Crippen LogP contribution is -2.39. The molecule has 0 aromatic heterocycles. The Morgan fingerprint density at radius 2 is 1.85 bits per heavy atom. The molecule has 1 aliphatic rings. The van der Waals surface area contributed by atoms with Gasteiger partial charge in [-0.15, -0.1) is 0 Å². The summed E-state index contributed by atoms with van der Waals surface area (Å²) in [6.45, 7) is -0.328. The minimum Gasteiger partial charge on any atom is -0.497 e. The van der Waals surface area contributed by atoms with Crippen LogP contribution in [-0.2, 0) is 14.8 Å². The largest absolute Gasteiger partial charge is 0.497 e. The van der Waals surface area contributed by atoms with E-state index in [-0.39, 0.29) is 17.4 Å². The van der Waals surface area contributed by atoms with Crippen molar-refractivity contribution in [2.45, 2.75) is 4.90 Å². The number of hydrogen-bond acceptors (Lipinski definition) is 7. The normalized spacial score (nSPS) is 12.5. The molecule has 9 nitrogen and oxygen atoms in total. The molecule has 0 aliphatic carbocycles. The average molecular weight is 468 g/mol. The van der Waals surface area contributed by atoms with Crippen molar-refractivity contribution in [1.82, 2.24) is 5.43 Å². The van der Waals surface area contributed by atoms with Crippen LogP contribution in [0.15, 0.2) is 82.8 Å². The summed E-state index contributed by atoms with van der Waals surface area (Å²) in [5.41, 5.74) is 3.34. The highest BCUT2D eigenvalue weighted by Crippen LogP contribution is 2.32. The van der Waals surface area contributed by atoms with Gasteiger partial charge in [-0.2, -0.15) is 5.10 Å². The zero-order valence-corrected chi connectivity index (χ0v) is 18.5. The van der Waals surface area contributed by atoms with Gasteiger partial charge >= 0.3 is 0 Å². The summed E-state index contributed by atoms with van der Waals surface area (Å²) in [5, 5.41) is 3.94. The summed E-state index contributed by atoms with van der Waals surface area (Å²) < 4.78 is 43.4. The minimum absolute atomic E-state index is 0.0597. The maximum atomic E-state index is 13.3. The van der Waals surface area contributed by atoms with Gasteiger partial charge in [-0.3, -0.25) is 9.10 Å². The Kier molecular flexibility index (Phi) is 6.45. The van der Waals surface area contributed by atoms with Crippen molar-refractivity contribution in [3.63, 3.8) is 0 Å². The van der Waals surface area contributed by atoms with E-state index in [0.717, 1.165) is 4.31 Å². The molecule has 1 aliphatic heterocycles. The van der Waals surface area contributed by atoms with E-state index < -0.39 is 22.5 Å². The van der Waals surface area contributed by atoms with Crippen LogP contribution in [0.5, 0.6) is 17.2 Å². The Morgan fingerprint density at radius 3 is 2.64 bits per heavy atom. The van der Waals surface area contributed by atoms with Gasteiger partial charge in [-0.25, -0.2) is 13.8 Å². The molecule has 33 heavy (non-hydrogen) atoms. The number of nitrogens with one attached hydrogen (secondary N) is 1. The van der Waals surface area contributed by atoms with Crippen LogP contribution in [0.1, 0.15) is 5.56 Å². The molecule has 0 radical (unpaired) electrons. The van der Waals surface area contributed by atoms with Crippen LogP contribution in [0, 0.1) is 0 Å². The fourth-order valence-electron chi connectivity index (χ4n) is 3.14. The van der Waals surface area contributed by atoms with Crippen LogP contribution in [0.3, 0.4) is 0 Å². The van der Waals surface area contributed by atoms with Crippen LogP contribution >= 0.6 is 0 Å². The number of hydrazone groups is 1. The summed E-state index contributed by atoms with van der Waals surface area (Å²) >= 11 is 0. The van der Waals surface area contributed by atoms with Gasteiger partial charge in [0.25, 0.3) is 15.9 Å². The lowest BCUT2D eigenvalue weighted by Gasteiger charge is -2.24. The van der Waals surface area contributed by atoms with Crippen molar-refractivity contribution >= 4 is 27.8 Å². The lowest BCUT2D eigenvalue weighted by atomic mass is 10.2. The number of hydrogen-bond donors (Lipinski definition) is 1. The Labute approximate surface area is 191 Å². The third kappa shape index (κ3) is 5.07. The van der Waals surface area contributed by atoms with E-state index in [0.29, 0.717) is 22.8 Å². The van der Waals surface area contributed by atoms with Crippen molar-refractivity contribution in [2.24, 2.45) is 5.10 Å². The standard InChI is InChI=1S/C23H21N3O6S/c1-30-19-7-5-6-18(13-19)26(33(28,29)20-8-3-2-4-9-20)15-23(27)25-24-14-17-10-11-21-22(12-17)32-16-31-21/h2-14H,15-16H2,1H3,(H,25,27)/b24-14-. The molecule has 3 aromatic rings. The van der Waals surface area contributed by atoms with E-state index >= 15 is 0 Å². The molecule has 3 aromatic carbocycles. The van der Waals surface area contributed by atoms with Gasteiger partial charge in [0.15, 0.2) is 11.5 Å². The number of amides is 1. The zero-order valence-electron chi connectivity index (χ0n) is 17.7. The van der Waals surface area contributed by atoms with Crippen molar-refractivity contribution in [3.8, 4) is 17.2 Å². The fraction of sp³-hybridized carbons (Fsp3) is 0.130. The van der Waals surface area contributed by atoms with Crippen LogP contribution in [0.2, 0.25) is 0 Å². The quantitative estimate of drug-likeness (QED) is 0.403. The second kappa shape index (κ2) is 9.61. The minimum atomic E-state index is -4.02. The molecular weight excluding hydrogens is 446 g/mol. The van der Waals surface area contributed by atoms with E-state index in [1.54, 1.807) is 60.7 Å². The van der Waals surface area contributed by atoms with Crippen LogP contribution in [0.4, 0.5) is 5.69 Å². The molecule has 0 spiro atoms. The topological polar surface area (TPSA) is 107 Å². The maximum Gasteiger partial charge on any atom is 0.264 e. The van der Waals surface area contributed by atoms with Crippen LogP contribution in [-0.4, -0.2) is 41.0 Å². The first kappa shape index (κ1) is 22.2. The van der Waals surface area contributed by atoms with Gasteiger partial charge in [0.05, 0.1) is 23.9 Å². The second-order valence-electron chi connectivity index (χ2n) is 6.93. The van der Waals surface area contributed by atoms with E-state index in [1.165, 1.54) is 25.5 Å². The molecule has 10 heteroatoms. The number of carbonyl (C=O) groups excluding carboxylic acids is 1. The van der Waals surface area contributed by atoms with E-state index in [4.69, 9.17) is 14.2 Å². The SMILES string of the molecule is COc1cccc(N(CC(=O)N/N=C\c2ccc3c(c2)OCO3)S(=O)(=O)c2ccccc2)c1. The number of anilines is 1. The number of sulfonamides is 1. The van der Waals surface area contributed by atoms with Gasteiger partial charge in [0.1, 0.15) is 12.3 Å². The second-order valence-corrected chi connectivity index (χ2v) is 8.79. The predicted molar refractivity (Wildman–Crippen MR) is 122 cm³/mol. The number of carbonyl (C=O) groups is 1. The van der Waals surface area contributed by atoms with Gasteiger partial charge < -0.3 is 14.2 Å². The zero-order chi connectivity index (χ0) is 23.3. The number of methoxy groups -OCH3 is 1. The monoisotopic (exact) mass is 467 g/mol. The first-order valence-corrected chi connectivity index (χ1v) is 11.3. The molecular formula is C23H21N3O6S. The molecule has 4 rings (SSSR count). The van der Waals surface area contributed by atoms with Crippen molar-refractivity contribution < 1.29 is 27.4 Å². The van der Waals surface area contributed by atoms with Crippen LogP contribution in [0.25, 0.3) is 0 Å². The van der Waals surface area contributed by atoms with E-state index in [2.05, 4.69) is 10.5 Å². The molecule has 0 fully saturated rings. The summed E-state index contributed by atoms with van der Waals surface area (Å²) in [6.07, 6.45) is 1.43. The fourth-order valence-corrected chi connectivity index (χ4v) is 4.57. The van der Waals surface area contributed by atoms with Gasteiger partial charge in [-0.1, -0.05) is 24.3 Å². The third-order valence-electron chi connectivity index (χ3n) is 4.76. The van der Waals surface area contributed by atoms with Gasteiger partial charge in [0.2, 0.25) is 6.79 Å². The van der Waals surface area contributed by atoms with Crippen LogP contribution < -0.4 is 23.9 Å². The van der Waals surface area contributed by atoms with Gasteiger partial charge in [0, 0.05) is 6.07 Å². The Bertz CT molecular complexity index is 1280. The maximum absolute atomic E-state index is 13.3. The van der Waals surface area contributed by atoms with Crippen molar-refractivity contribution in [1.29, 1.82) is 0 Å². The molecule has 0 saturated heterocycles. The highest BCUT2D eigenvalue weighted by atomic mass is 32.2. The smallest absolute Gasteiger partial charge is 0.264 e. The van der Waals surface area contributed by atoms with E-state index in [9.17, 15) is 13.2 Å². The first-order chi connectivity index (χ1) is 16.0. The summed E-state index contributed by atoms with van der Waals surface area (Å²) in [7, 11) is -2.54. The predicted octanol–water partition coefficient (Wildman–Crippen LogP) is 2.77. The average Bonchev–Trinajstić information content (AvgIpc) is 3.31. The first-order valence-electron chi connectivity index (χ1n) is 9.91. The van der Waals surface area contributed by atoms with Crippen molar-refractivity contribution in [3.05, 3.63) is 78.4 Å². The molecule has 1 N–H and O–H groups in total. The third-order valence-corrected chi connectivity index (χ3v) is 6.55. The highest BCUT2D eigenvalue weighted by Gasteiger charge is 2.27. The molecule has 1 heterocycles. The van der Waals surface area contributed by atoms with Crippen molar-refractivity contribution in [2.75, 3.05) is 24.8 Å². The Balaban J connectivity index is 1.54. The number of ether oxygens (including phenoxy) is 3. The molecule has 170 valence electrons. The lowest BCUT2D eigenvalue weighted by molar-refractivity contribution is -0.119. The number of fused-ring (bicyclic) bond motifs is 1. The molecule has 0 unspecified atom stereocenters. The Hall–Kier alpha value is -4.05. The number of nitrogens with zero attached hydrogens (tertiary/aromatic N) is 2. The highest BCUT2D eigenvalue weighted by molar-refractivity contribution is 7.92. The summed E-state index contributed by atoms with van der Waals surface area (Å²) in [4.78, 5) is 12.7. The summed E-state index contributed by atoms with van der Waals surface area (Å²) in [6, 6.07) is 19.6.